The maximum atomic E-state index is 13.5. The van der Waals surface area contributed by atoms with E-state index in [1.807, 2.05) is 0 Å². The lowest BCUT2D eigenvalue weighted by Crippen LogP contribution is -2.43. The van der Waals surface area contributed by atoms with Crippen LogP contribution in [0.5, 0.6) is 0 Å². The van der Waals surface area contributed by atoms with Crippen molar-refractivity contribution < 1.29 is 37.2 Å². The third-order valence-corrected chi connectivity index (χ3v) is 5.63. The highest BCUT2D eigenvalue weighted by atomic mass is 31.2. The Bertz CT molecular complexity index is 913. The fourth-order valence-corrected chi connectivity index (χ4v) is 4.53. The van der Waals surface area contributed by atoms with Crippen LogP contribution in [-0.4, -0.2) is 56.8 Å². The first kappa shape index (κ1) is 32.1. The molecule has 0 saturated carbocycles. The molecule has 12 heteroatoms. The third kappa shape index (κ3) is 14.0. The molecular formula is C24H44N3O8P. The molecule has 0 radical (unpaired) electrons. The molecule has 0 spiro atoms. The Morgan fingerprint density at radius 1 is 0.889 bits per heavy atom. The van der Waals surface area contributed by atoms with E-state index in [4.69, 9.17) is 23.0 Å². The molecule has 11 nitrogen and oxygen atoms in total. The predicted molar refractivity (Wildman–Crippen MR) is 136 cm³/mol. The number of hydrogen-bond acceptors (Lipinski definition) is 9. The zero-order valence-corrected chi connectivity index (χ0v) is 24.6. The summed E-state index contributed by atoms with van der Waals surface area (Å²) in [6.45, 7) is 20.7. The molecule has 1 N–H and O–H groups in total. The second-order valence-electron chi connectivity index (χ2n) is 12.5. The molecule has 36 heavy (non-hydrogen) atoms. The van der Waals surface area contributed by atoms with Crippen LogP contribution < -0.4 is 5.32 Å². The maximum Gasteiger partial charge on any atom is 0.475 e. The Kier molecular flexibility index (Phi) is 10.4. The highest BCUT2D eigenvalue weighted by Gasteiger charge is 2.38. The van der Waals surface area contributed by atoms with Crippen LogP contribution in [0.4, 0.5) is 9.59 Å². The van der Waals surface area contributed by atoms with Gasteiger partial charge >= 0.3 is 20.0 Å². The summed E-state index contributed by atoms with van der Waals surface area (Å²) in [4.78, 5) is 29.1. The van der Waals surface area contributed by atoms with Crippen molar-refractivity contribution in [3.63, 3.8) is 0 Å². The lowest BCUT2D eigenvalue weighted by atomic mass is 10.2. The molecule has 1 rings (SSSR count). The van der Waals surface area contributed by atoms with Gasteiger partial charge in [0.1, 0.15) is 17.5 Å². The first-order valence-electron chi connectivity index (χ1n) is 11.9. The molecule has 1 aromatic heterocycles. The van der Waals surface area contributed by atoms with Crippen LogP contribution in [0, 0.1) is 0 Å². The van der Waals surface area contributed by atoms with E-state index in [-0.39, 0.29) is 13.0 Å². The second kappa shape index (κ2) is 11.6. The predicted octanol–water partition coefficient (Wildman–Crippen LogP) is 5.86. The van der Waals surface area contributed by atoms with Crippen LogP contribution in [-0.2, 0) is 34.0 Å². The van der Waals surface area contributed by atoms with Gasteiger partial charge in [-0.05, 0) is 83.1 Å². The van der Waals surface area contributed by atoms with Gasteiger partial charge < -0.3 is 14.8 Å². The topological polar surface area (TPSA) is 127 Å². The number of hydrogen-bond donors (Lipinski definition) is 1. The molecular weight excluding hydrogens is 489 g/mol. The molecule has 1 unspecified atom stereocenters. The van der Waals surface area contributed by atoms with Crippen molar-refractivity contribution in [1.29, 1.82) is 0 Å². The highest BCUT2D eigenvalue weighted by Crippen LogP contribution is 2.55. The van der Waals surface area contributed by atoms with Crippen molar-refractivity contribution in [2.45, 2.75) is 118 Å². The number of phosphoric ester groups is 1. The number of ether oxygens (including phenoxy) is 2. The van der Waals surface area contributed by atoms with E-state index in [0.717, 1.165) is 0 Å². The number of carbonyl (C=O) groups excluding carboxylic acids is 2. The van der Waals surface area contributed by atoms with Crippen molar-refractivity contribution in [2.24, 2.45) is 0 Å². The van der Waals surface area contributed by atoms with Crippen LogP contribution in [0.2, 0.25) is 0 Å². The maximum absolute atomic E-state index is 13.5. The minimum absolute atomic E-state index is 0.139. The quantitative estimate of drug-likeness (QED) is 0.409. The van der Waals surface area contributed by atoms with Crippen molar-refractivity contribution in [3.8, 4) is 0 Å². The highest BCUT2D eigenvalue weighted by molar-refractivity contribution is 7.48. The zero-order chi connectivity index (χ0) is 28.2. The number of nitrogens with one attached hydrogen (secondary N) is 1. The van der Waals surface area contributed by atoms with E-state index in [1.54, 1.807) is 83.1 Å². The summed E-state index contributed by atoms with van der Waals surface area (Å²) >= 11 is 0. The number of phosphoric acid groups is 1. The van der Waals surface area contributed by atoms with Crippen molar-refractivity contribution in [2.75, 3.05) is 6.61 Å². The van der Waals surface area contributed by atoms with Crippen molar-refractivity contribution in [3.05, 3.63) is 18.2 Å². The molecule has 0 aromatic carbocycles. The van der Waals surface area contributed by atoms with E-state index in [1.165, 1.54) is 17.1 Å². The molecule has 208 valence electrons. The lowest BCUT2D eigenvalue weighted by molar-refractivity contribution is -0.000675. The number of amides is 1. The Morgan fingerprint density at radius 3 is 1.83 bits per heavy atom. The summed E-state index contributed by atoms with van der Waals surface area (Å²) in [6, 6.07) is -0.734. The van der Waals surface area contributed by atoms with Gasteiger partial charge in [0.2, 0.25) is 0 Å². The number of nitrogens with zero attached hydrogens (tertiary/aromatic N) is 2. The van der Waals surface area contributed by atoms with Gasteiger partial charge in [-0.2, -0.15) is 0 Å². The number of aromatic nitrogens is 2. The first-order valence-corrected chi connectivity index (χ1v) is 13.3. The van der Waals surface area contributed by atoms with E-state index in [9.17, 15) is 14.2 Å². The fourth-order valence-electron chi connectivity index (χ4n) is 2.69. The van der Waals surface area contributed by atoms with Crippen LogP contribution in [0.15, 0.2) is 12.5 Å². The molecule has 0 aliphatic rings. The second-order valence-corrected chi connectivity index (χ2v) is 14.0. The standard InChI is InChI=1S/C24H44N3O8P/c1-21(2,3)32-19(28)26-18(13-17-14-27(16-25-17)20(29)33-22(4,5)6)15-31-36(30,34-23(7,8)9)35-24(10,11)12/h14,16,18H,13,15H2,1-12H3,(H,26,28). The number of alkyl carbamates (subject to hydrolysis) is 1. The van der Waals surface area contributed by atoms with Gasteiger partial charge in [-0.1, -0.05) is 0 Å². The average molecular weight is 534 g/mol. The molecule has 1 amide bonds. The normalized spacial score (nSPS) is 14.3. The van der Waals surface area contributed by atoms with Crippen LogP contribution in [0.3, 0.4) is 0 Å². The average Bonchev–Trinajstić information content (AvgIpc) is 3.01. The van der Waals surface area contributed by atoms with Gasteiger partial charge in [-0.15, -0.1) is 0 Å². The monoisotopic (exact) mass is 533 g/mol. The van der Waals surface area contributed by atoms with Gasteiger partial charge in [0, 0.05) is 12.6 Å². The molecule has 0 saturated heterocycles. The van der Waals surface area contributed by atoms with Crippen molar-refractivity contribution in [1.82, 2.24) is 14.9 Å². The van der Waals surface area contributed by atoms with E-state index >= 15 is 0 Å². The van der Waals surface area contributed by atoms with E-state index < -0.39 is 48.5 Å². The minimum atomic E-state index is -4.03. The Labute approximate surface area is 215 Å². The van der Waals surface area contributed by atoms with E-state index in [0.29, 0.717) is 5.69 Å². The molecule has 1 atom stereocenters. The minimum Gasteiger partial charge on any atom is -0.444 e. The van der Waals surface area contributed by atoms with Gasteiger partial charge in [0.05, 0.1) is 29.5 Å². The summed E-state index contributed by atoms with van der Waals surface area (Å²) in [5.41, 5.74) is -2.57. The van der Waals surface area contributed by atoms with Crippen molar-refractivity contribution >= 4 is 20.0 Å². The van der Waals surface area contributed by atoms with Gasteiger partial charge in [0.15, 0.2) is 0 Å². The SMILES string of the molecule is CC(C)(C)OC(=O)NC(COP(=O)(OC(C)(C)C)OC(C)(C)C)Cc1cn(C(=O)OC(C)(C)C)cn1. The third-order valence-electron chi connectivity index (χ3n) is 3.62. The summed E-state index contributed by atoms with van der Waals surface area (Å²) in [7, 11) is -4.03. The van der Waals surface area contributed by atoms with E-state index in [2.05, 4.69) is 10.3 Å². The molecule has 0 fully saturated rings. The Balaban J connectivity index is 3.11. The molecule has 1 heterocycles. The fraction of sp³-hybridized carbons (Fsp3) is 0.792. The molecule has 0 bridgehead atoms. The largest absolute Gasteiger partial charge is 0.475 e. The van der Waals surface area contributed by atoms with Crippen LogP contribution in [0.1, 0.15) is 88.8 Å². The van der Waals surface area contributed by atoms with Gasteiger partial charge in [-0.25, -0.2) is 23.7 Å². The number of rotatable bonds is 8. The first-order chi connectivity index (χ1) is 16.0. The van der Waals surface area contributed by atoms with Gasteiger partial charge in [0.25, 0.3) is 0 Å². The number of imidazole rings is 1. The molecule has 0 aliphatic carbocycles. The van der Waals surface area contributed by atoms with Gasteiger partial charge in [-0.3, -0.25) is 13.6 Å². The lowest BCUT2D eigenvalue weighted by Gasteiger charge is -2.32. The molecule has 0 aliphatic heterocycles. The molecule has 1 aromatic rings. The summed E-state index contributed by atoms with van der Waals surface area (Å²) < 4.78 is 42.4. The van der Waals surface area contributed by atoms with Crippen LogP contribution >= 0.6 is 7.82 Å². The summed E-state index contributed by atoms with van der Waals surface area (Å²) in [5, 5.41) is 2.71. The van der Waals surface area contributed by atoms with Crippen LogP contribution in [0.25, 0.3) is 0 Å². The zero-order valence-electron chi connectivity index (χ0n) is 23.8. The number of carbonyl (C=O) groups is 2. The summed E-state index contributed by atoms with van der Waals surface area (Å²) in [5.74, 6) is 0. The smallest absolute Gasteiger partial charge is 0.444 e. The Morgan fingerprint density at radius 2 is 1.39 bits per heavy atom. The summed E-state index contributed by atoms with van der Waals surface area (Å²) in [6.07, 6.45) is 1.68. The Hall–Kier alpha value is -1.94.